The minimum Gasteiger partial charge on any atom is -0.495 e. The smallest absolute Gasteiger partial charge is 0.137 e. The van der Waals surface area contributed by atoms with Crippen LogP contribution in [0, 0.1) is 0 Å². The highest BCUT2D eigenvalue weighted by Crippen LogP contribution is 2.26. The summed E-state index contributed by atoms with van der Waals surface area (Å²) in [5.41, 5.74) is 1.21. The molecule has 0 saturated heterocycles. The van der Waals surface area contributed by atoms with Gasteiger partial charge >= 0.3 is 0 Å². The van der Waals surface area contributed by atoms with Gasteiger partial charge in [-0.05, 0) is 23.6 Å². The molecule has 0 aliphatic carbocycles. The minimum absolute atomic E-state index is 0.457. The molecule has 3 radical (unpaired) electrons. The number of hydrogen-bond acceptors (Lipinski definition) is 1. The van der Waals surface area contributed by atoms with Gasteiger partial charge in [0.05, 0.1) is 22.4 Å². The summed E-state index contributed by atoms with van der Waals surface area (Å²) in [6, 6.07) is 3.84. The summed E-state index contributed by atoms with van der Waals surface area (Å²) >= 11 is 5.95. The summed E-state index contributed by atoms with van der Waals surface area (Å²) in [6.45, 7) is 4.26. The molecule has 1 aromatic rings. The third-order valence-corrected chi connectivity index (χ3v) is 2.67. The molecule has 0 spiro atoms. The van der Waals surface area contributed by atoms with E-state index in [0.29, 0.717) is 10.9 Å². The molecule has 0 unspecified atom stereocenters. The van der Waals surface area contributed by atoms with Crippen LogP contribution in [0.2, 0.25) is 5.02 Å². The maximum Gasteiger partial charge on any atom is 0.137 e. The van der Waals surface area contributed by atoms with Crippen LogP contribution in [-0.2, 0) is 0 Å². The molecule has 0 aliphatic rings. The van der Waals surface area contributed by atoms with E-state index in [2.05, 4.69) is 24.1 Å². The first-order valence-electron chi connectivity index (χ1n) is 4.15. The number of methoxy groups -OCH3 is 1. The van der Waals surface area contributed by atoms with Gasteiger partial charge < -0.3 is 4.74 Å². The molecule has 0 aromatic heterocycles. The molecule has 0 atom stereocenters. The molecular weight excluding hydrogens is 200 g/mol. The maximum absolute atomic E-state index is 5.95. The average Bonchev–Trinajstić information content (AvgIpc) is 2.03. The number of hydrogen-bond donors (Lipinski definition) is 0. The Bertz CT molecular complexity index is 310. The van der Waals surface area contributed by atoms with Crippen molar-refractivity contribution in [1.29, 1.82) is 0 Å². The highest BCUT2D eigenvalue weighted by Gasteiger charge is 2.08. The summed E-state index contributed by atoms with van der Waals surface area (Å²) < 4.78 is 5.14. The van der Waals surface area contributed by atoms with Gasteiger partial charge in [-0.2, -0.15) is 0 Å². The van der Waals surface area contributed by atoms with Gasteiger partial charge in [0.1, 0.15) is 5.75 Å². The molecular formula is C10H12ClOSi. The van der Waals surface area contributed by atoms with E-state index in [-0.39, 0.29) is 0 Å². The first-order valence-corrected chi connectivity index (χ1v) is 5.03. The zero-order valence-electron chi connectivity index (χ0n) is 8.02. The molecule has 0 fully saturated rings. The van der Waals surface area contributed by atoms with Gasteiger partial charge in [0.2, 0.25) is 0 Å². The lowest BCUT2D eigenvalue weighted by Crippen LogP contribution is -2.12. The van der Waals surface area contributed by atoms with Gasteiger partial charge in [0, 0.05) is 0 Å². The molecule has 1 rings (SSSR count). The molecule has 69 valence electrons. The molecule has 1 aromatic carbocycles. The Morgan fingerprint density at radius 2 is 2.00 bits per heavy atom. The van der Waals surface area contributed by atoms with E-state index in [1.807, 2.05) is 12.1 Å². The Balaban J connectivity index is 3.22. The fourth-order valence-corrected chi connectivity index (χ4v) is 2.04. The lowest BCUT2D eigenvalue weighted by molar-refractivity contribution is 0.414. The SMILES string of the molecule is COc1cc(C(C)C)c([Si])cc1Cl. The van der Waals surface area contributed by atoms with Crippen molar-refractivity contribution >= 4 is 27.0 Å². The Labute approximate surface area is 87.5 Å². The van der Waals surface area contributed by atoms with Gasteiger partial charge in [-0.3, -0.25) is 0 Å². The zero-order chi connectivity index (χ0) is 10.0. The fourth-order valence-electron chi connectivity index (χ4n) is 1.20. The van der Waals surface area contributed by atoms with E-state index in [1.165, 1.54) is 5.56 Å². The van der Waals surface area contributed by atoms with Crippen LogP contribution >= 0.6 is 11.6 Å². The van der Waals surface area contributed by atoms with Crippen molar-refractivity contribution in [3.8, 4) is 5.75 Å². The van der Waals surface area contributed by atoms with Crippen molar-refractivity contribution in [3.63, 3.8) is 0 Å². The van der Waals surface area contributed by atoms with Gasteiger partial charge in [0.25, 0.3) is 0 Å². The Morgan fingerprint density at radius 1 is 1.38 bits per heavy atom. The Hall–Kier alpha value is -0.473. The molecule has 0 amide bonds. The van der Waals surface area contributed by atoms with E-state index in [4.69, 9.17) is 16.3 Å². The van der Waals surface area contributed by atoms with E-state index in [0.717, 1.165) is 10.9 Å². The summed E-state index contributed by atoms with van der Waals surface area (Å²) in [6.07, 6.45) is 0. The first-order chi connectivity index (χ1) is 6.06. The first kappa shape index (κ1) is 10.6. The van der Waals surface area contributed by atoms with Gasteiger partial charge in [-0.15, -0.1) is 0 Å². The number of ether oxygens (including phenoxy) is 1. The van der Waals surface area contributed by atoms with Gasteiger partial charge in [-0.1, -0.05) is 30.6 Å². The monoisotopic (exact) mass is 211 g/mol. The largest absolute Gasteiger partial charge is 0.495 e. The Kier molecular flexibility index (Phi) is 3.39. The fraction of sp³-hybridized carbons (Fsp3) is 0.400. The molecule has 0 heterocycles. The lowest BCUT2D eigenvalue weighted by Gasteiger charge is -2.12. The van der Waals surface area contributed by atoms with Crippen LogP contribution in [0.4, 0.5) is 0 Å². The third kappa shape index (κ3) is 2.26. The maximum atomic E-state index is 5.95. The van der Waals surface area contributed by atoms with E-state index < -0.39 is 0 Å². The molecule has 0 bridgehead atoms. The van der Waals surface area contributed by atoms with Gasteiger partial charge in [0.15, 0.2) is 0 Å². The number of halogens is 1. The average molecular weight is 212 g/mol. The molecule has 0 saturated carbocycles. The standard InChI is InChI=1S/C10H12ClOSi/c1-6(2)7-4-9(12-3)8(11)5-10(7)13/h4-6H,1-3H3. The summed E-state index contributed by atoms with van der Waals surface area (Å²) in [5.74, 6) is 1.19. The van der Waals surface area contributed by atoms with Crippen molar-refractivity contribution in [2.24, 2.45) is 0 Å². The van der Waals surface area contributed by atoms with Crippen molar-refractivity contribution in [1.82, 2.24) is 0 Å². The Morgan fingerprint density at radius 3 is 2.46 bits per heavy atom. The van der Waals surface area contributed by atoms with E-state index in [1.54, 1.807) is 7.11 Å². The van der Waals surface area contributed by atoms with Crippen molar-refractivity contribution in [2.75, 3.05) is 7.11 Å². The summed E-state index contributed by atoms with van der Waals surface area (Å²) in [4.78, 5) is 0. The van der Waals surface area contributed by atoms with E-state index >= 15 is 0 Å². The molecule has 0 N–H and O–H groups in total. The highest BCUT2D eigenvalue weighted by atomic mass is 35.5. The topological polar surface area (TPSA) is 9.23 Å². The third-order valence-electron chi connectivity index (χ3n) is 1.95. The minimum atomic E-state index is 0.457. The molecule has 13 heavy (non-hydrogen) atoms. The molecule has 1 nitrogen and oxygen atoms in total. The normalized spacial score (nSPS) is 10.6. The van der Waals surface area contributed by atoms with Crippen molar-refractivity contribution in [3.05, 3.63) is 22.7 Å². The zero-order valence-corrected chi connectivity index (χ0v) is 9.77. The number of rotatable bonds is 2. The van der Waals surface area contributed by atoms with Crippen LogP contribution in [0.15, 0.2) is 12.1 Å². The van der Waals surface area contributed by atoms with Crippen molar-refractivity contribution in [2.45, 2.75) is 19.8 Å². The molecule has 3 heteroatoms. The second-order valence-electron chi connectivity index (χ2n) is 3.23. The highest BCUT2D eigenvalue weighted by molar-refractivity contribution is 6.37. The summed E-state index contributed by atoms with van der Waals surface area (Å²) in [5, 5.41) is 1.66. The van der Waals surface area contributed by atoms with Gasteiger partial charge in [-0.25, -0.2) is 0 Å². The second kappa shape index (κ2) is 4.16. The van der Waals surface area contributed by atoms with Crippen LogP contribution < -0.4 is 9.92 Å². The van der Waals surface area contributed by atoms with Crippen LogP contribution in [0.1, 0.15) is 25.3 Å². The predicted molar refractivity (Wildman–Crippen MR) is 57.5 cm³/mol. The predicted octanol–water partition coefficient (Wildman–Crippen LogP) is 2.27. The second-order valence-corrected chi connectivity index (χ2v) is 4.17. The van der Waals surface area contributed by atoms with Crippen LogP contribution in [0.5, 0.6) is 5.75 Å². The summed E-state index contributed by atoms with van der Waals surface area (Å²) in [7, 11) is 5.15. The van der Waals surface area contributed by atoms with Crippen molar-refractivity contribution < 1.29 is 4.74 Å². The number of benzene rings is 1. The van der Waals surface area contributed by atoms with E-state index in [9.17, 15) is 0 Å². The quantitative estimate of drug-likeness (QED) is 0.682. The van der Waals surface area contributed by atoms with Crippen LogP contribution in [0.3, 0.4) is 0 Å². The van der Waals surface area contributed by atoms with Crippen LogP contribution in [-0.4, -0.2) is 17.4 Å². The lowest BCUT2D eigenvalue weighted by atomic mass is 10.0. The van der Waals surface area contributed by atoms with Crippen LogP contribution in [0.25, 0.3) is 0 Å². The molecule has 0 aliphatic heterocycles.